The number of hydrogen-bond acceptors (Lipinski definition) is 5. The quantitative estimate of drug-likeness (QED) is 0.688. The maximum absolute atomic E-state index is 12.5. The molecule has 0 atom stereocenters. The van der Waals surface area contributed by atoms with Crippen LogP contribution in [0, 0.1) is 6.92 Å². The summed E-state index contributed by atoms with van der Waals surface area (Å²) in [6, 6.07) is 6.69. The molecule has 0 bridgehead atoms. The number of nitrogens with one attached hydrogen (secondary N) is 2. The average molecular weight is 405 g/mol. The highest BCUT2D eigenvalue weighted by molar-refractivity contribution is 6.30. The van der Waals surface area contributed by atoms with Gasteiger partial charge in [0.1, 0.15) is 5.54 Å². The number of carbonyl (C=O) groups is 2. The van der Waals surface area contributed by atoms with Crippen LogP contribution in [0.5, 0.6) is 0 Å². The Bertz CT molecular complexity index is 813. The zero-order chi connectivity index (χ0) is 20.0. The minimum atomic E-state index is -0.542. The lowest BCUT2D eigenvalue weighted by atomic mass is 9.81. The number of aryl methyl sites for hydroxylation is 1. The molecule has 1 aromatic carbocycles. The summed E-state index contributed by atoms with van der Waals surface area (Å²) in [7, 11) is 0. The highest BCUT2D eigenvalue weighted by atomic mass is 35.5. The van der Waals surface area contributed by atoms with Crippen molar-refractivity contribution in [2.75, 3.05) is 6.54 Å². The van der Waals surface area contributed by atoms with Gasteiger partial charge in [-0.15, -0.1) is 0 Å². The number of rotatable bonds is 7. The molecule has 3 rings (SSSR count). The molecule has 150 valence electrons. The summed E-state index contributed by atoms with van der Waals surface area (Å²) in [5.41, 5.74) is 0.00195. The number of carbonyl (C=O) groups excluding carboxylic acids is 2. The Morgan fingerprint density at radius 3 is 2.54 bits per heavy atom. The first-order chi connectivity index (χ1) is 13.5. The molecule has 2 N–H and O–H groups in total. The van der Waals surface area contributed by atoms with Crippen molar-refractivity contribution in [1.29, 1.82) is 0 Å². The van der Waals surface area contributed by atoms with Gasteiger partial charge in [0, 0.05) is 30.5 Å². The van der Waals surface area contributed by atoms with E-state index in [2.05, 4.69) is 20.8 Å². The molecule has 0 spiro atoms. The molecule has 8 heteroatoms. The number of benzene rings is 1. The van der Waals surface area contributed by atoms with Gasteiger partial charge in [0.05, 0.1) is 0 Å². The van der Waals surface area contributed by atoms with Gasteiger partial charge in [0.15, 0.2) is 5.82 Å². The van der Waals surface area contributed by atoms with Gasteiger partial charge in [-0.05, 0) is 43.5 Å². The number of aromatic nitrogens is 2. The van der Waals surface area contributed by atoms with E-state index in [1.807, 2.05) is 0 Å². The lowest BCUT2D eigenvalue weighted by molar-refractivity contribution is -0.123. The molecule has 0 unspecified atom stereocenters. The minimum absolute atomic E-state index is 0.0647. The molecular weight excluding hydrogens is 380 g/mol. The van der Waals surface area contributed by atoms with Crippen LogP contribution in [0.25, 0.3) is 0 Å². The number of halogens is 1. The fourth-order valence-electron chi connectivity index (χ4n) is 3.54. The summed E-state index contributed by atoms with van der Waals surface area (Å²) in [5.74, 6) is 0.821. The van der Waals surface area contributed by atoms with Gasteiger partial charge in [-0.1, -0.05) is 36.0 Å². The highest BCUT2D eigenvalue weighted by Crippen LogP contribution is 2.35. The summed E-state index contributed by atoms with van der Waals surface area (Å²) in [5, 5.41) is 10.6. The second-order valence-electron chi connectivity index (χ2n) is 7.19. The Balaban J connectivity index is 1.48. The average Bonchev–Trinajstić information content (AvgIpc) is 3.13. The van der Waals surface area contributed by atoms with Gasteiger partial charge in [0.25, 0.3) is 5.91 Å². The molecule has 2 aromatic rings. The first-order valence-electron chi connectivity index (χ1n) is 9.64. The highest BCUT2D eigenvalue weighted by Gasteiger charge is 2.39. The topological polar surface area (TPSA) is 97.1 Å². The molecule has 0 saturated heterocycles. The van der Waals surface area contributed by atoms with E-state index < -0.39 is 5.54 Å². The van der Waals surface area contributed by atoms with Crippen molar-refractivity contribution >= 4 is 23.4 Å². The SMILES string of the molecule is Cc1nc(C2(NC(=O)CCCNC(=O)c3ccc(Cl)cc3)CCCCC2)no1. The van der Waals surface area contributed by atoms with Crippen LogP contribution in [0.15, 0.2) is 28.8 Å². The Hall–Kier alpha value is -2.41. The van der Waals surface area contributed by atoms with Crippen molar-refractivity contribution in [3.8, 4) is 0 Å². The molecule has 2 amide bonds. The van der Waals surface area contributed by atoms with Gasteiger partial charge in [0.2, 0.25) is 11.8 Å². The molecule has 0 radical (unpaired) electrons. The Kier molecular flexibility index (Phi) is 6.67. The number of hydrogen-bond donors (Lipinski definition) is 2. The van der Waals surface area contributed by atoms with E-state index in [9.17, 15) is 9.59 Å². The predicted molar refractivity (Wildman–Crippen MR) is 105 cm³/mol. The molecule has 1 fully saturated rings. The van der Waals surface area contributed by atoms with Crippen LogP contribution in [0.1, 0.15) is 67.0 Å². The molecular formula is C20H25ClN4O3. The third kappa shape index (κ3) is 5.10. The van der Waals surface area contributed by atoms with E-state index in [1.54, 1.807) is 31.2 Å². The van der Waals surface area contributed by atoms with Gasteiger partial charge in [-0.3, -0.25) is 9.59 Å². The zero-order valence-electron chi connectivity index (χ0n) is 16.0. The Morgan fingerprint density at radius 2 is 1.89 bits per heavy atom. The molecule has 1 aliphatic rings. The molecule has 1 heterocycles. The summed E-state index contributed by atoms with van der Waals surface area (Å²) in [6.07, 6.45) is 5.67. The van der Waals surface area contributed by atoms with E-state index in [0.717, 1.165) is 32.1 Å². The Morgan fingerprint density at radius 1 is 1.18 bits per heavy atom. The van der Waals surface area contributed by atoms with E-state index in [4.69, 9.17) is 16.1 Å². The van der Waals surface area contributed by atoms with Gasteiger partial charge < -0.3 is 15.2 Å². The van der Waals surface area contributed by atoms with Crippen LogP contribution < -0.4 is 10.6 Å². The van der Waals surface area contributed by atoms with Crippen LogP contribution in [0.2, 0.25) is 5.02 Å². The van der Waals surface area contributed by atoms with Crippen molar-refractivity contribution in [3.63, 3.8) is 0 Å². The third-order valence-electron chi connectivity index (χ3n) is 5.01. The first kappa shape index (κ1) is 20.3. The lowest BCUT2D eigenvalue weighted by Crippen LogP contribution is -2.48. The smallest absolute Gasteiger partial charge is 0.251 e. The predicted octanol–water partition coefficient (Wildman–Crippen LogP) is 3.52. The molecule has 1 aromatic heterocycles. The lowest BCUT2D eigenvalue weighted by Gasteiger charge is -2.35. The monoisotopic (exact) mass is 404 g/mol. The minimum Gasteiger partial charge on any atom is -0.352 e. The van der Waals surface area contributed by atoms with Crippen LogP contribution in [-0.2, 0) is 10.3 Å². The van der Waals surface area contributed by atoms with Crippen molar-refractivity contribution in [3.05, 3.63) is 46.6 Å². The van der Waals surface area contributed by atoms with Crippen molar-refractivity contribution < 1.29 is 14.1 Å². The number of nitrogens with zero attached hydrogens (tertiary/aromatic N) is 2. The fourth-order valence-corrected chi connectivity index (χ4v) is 3.66. The second-order valence-corrected chi connectivity index (χ2v) is 7.63. The summed E-state index contributed by atoms with van der Waals surface area (Å²) < 4.78 is 5.13. The maximum Gasteiger partial charge on any atom is 0.251 e. The molecule has 0 aliphatic heterocycles. The maximum atomic E-state index is 12.5. The summed E-state index contributed by atoms with van der Waals surface area (Å²) in [6.45, 7) is 2.17. The van der Waals surface area contributed by atoms with Crippen molar-refractivity contribution in [2.45, 2.75) is 57.4 Å². The zero-order valence-corrected chi connectivity index (χ0v) is 16.7. The largest absolute Gasteiger partial charge is 0.352 e. The van der Waals surface area contributed by atoms with E-state index in [-0.39, 0.29) is 11.8 Å². The normalized spacial score (nSPS) is 15.8. The fraction of sp³-hybridized carbons (Fsp3) is 0.500. The summed E-state index contributed by atoms with van der Waals surface area (Å²) >= 11 is 5.82. The van der Waals surface area contributed by atoms with Crippen LogP contribution in [0.3, 0.4) is 0 Å². The van der Waals surface area contributed by atoms with Crippen molar-refractivity contribution in [1.82, 2.24) is 20.8 Å². The van der Waals surface area contributed by atoms with Gasteiger partial charge in [-0.25, -0.2) is 0 Å². The van der Waals surface area contributed by atoms with Crippen molar-refractivity contribution in [2.24, 2.45) is 0 Å². The van der Waals surface area contributed by atoms with E-state index in [0.29, 0.717) is 41.7 Å². The third-order valence-corrected chi connectivity index (χ3v) is 5.27. The second kappa shape index (κ2) is 9.19. The standard InChI is InChI=1S/C20H25ClN4O3/c1-14-23-19(25-28-14)20(11-3-2-4-12-20)24-17(26)6-5-13-22-18(27)15-7-9-16(21)10-8-15/h7-10H,2-6,11-13H2,1H3,(H,22,27)(H,24,26). The van der Waals surface area contributed by atoms with Crippen LogP contribution in [0.4, 0.5) is 0 Å². The molecule has 7 nitrogen and oxygen atoms in total. The van der Waals surface area contributed by atoms with Gasteiger partial charge >= 0.3 is 0 Å². The van der Waals surface area contributed by atoms with Crippen LogP contribution >= 0.6 is 11.6 Å². The summed E-state index contributed by atoms with van der Waals surface area (Å²) in [4.78, 5) is 29.0. The van der Waals surface area contributed by atoms with Crippen LogP contribution in [-0.4, -0.2) is 28.5 Å². The molecule has 1 aliphatic carbocycles. The first-order valence-corrected chi connectivity index (χ1v) is 10.0. The van der Waals surface area contributed by atoms with E-state index in [1.165, 1.54) is 0 Å². The Labute approximate surface area is 169 Å². The number of amides is 2. The molecule has 28 heavy (non-hydrogen) atoms. The van der Waals surface area contributed by atoms with E-state index >= 15 is 0 Å². The molecule has 1 saturated carbocycles. The van der Waals surface area contributed by atoms with Gasteiger partial charge in [-0.2, -0.15) is 4.98 Å².